The highest BCUT2D eigenvalue weighted by Gasteiger charge is 2.20. The van der Waals surface area contributed by atoms with Crippen LogP contribution in [0.25, 0.3) is 0 Å². The first kappa shape index (κ1) is 14.5. The first-order valence-corrected chi connectivity index (χ1v) is 6.89. The number of nitrogens with zero attached hydrogens (tertiary/aromatic N) is 1. The average Bonchev–Trinajstić information content (AvgIpc) is 2.33. The van der Waals surface area contributed by atoms with Gasteiger partial charge in [0.25, 0.3) is 5.91 Å². The largest absolute Gasteiger partial charge is 0.480 e. The third kappa shape index (κ3) is 4.37. The molecule has 1 rings (SSSR count). The molecule has 1 amide bonds. The Morgan fingerprint density at radius 1 is 1.56 bits per heavy atom. The number of aromatic nitrogens is 1. The lowest BCUT2D eigenvalue weighted by molar-refractivity contribution is -0.139. The molecule has 0 aliphatic carbocycles. The SMILES string of the molecule is CSCC[C@H](NC(=O)c1ccnc(C)c1)C(=O)O. The van der Waals surface area contributed by atoms with Gasteiger partial charge in [0.2, 0.25) is 0 Å². The molecule has 6 heteroatoms. The quantitative estimate of drug-likeness (QED) is 0.813. The maximum absolute atomic E-state index is 11.9. The Bertz CT molecular complexity index is 437. The monoisotopic (exact) mass is 268 g/mol. The number of aryl methyl sites for hydroxylation is 1. The molecule has 0 unspecified atom stereocenters. The Balaban J connectivity index is 2.69. The zero-order valence-electron chi connectivity index (χ0n) is 10.3. The van der Waals surface area contributed by atoms with Gasteiger partial charge in [-0.15, -0.1) is 0 Å². The van der Waals surface area contributed by atoms with E-state index in [2.05, 4.69) is 10.3 Å². The second-order valence-electron chi connectivity index (χ2n) is 3.83. The van der Waals surface area contributed by atoms with Crippen LogP contribution < -0.4 is 5.32 Å². The van der Waals surface area contributed by atoms with Gasteiger partial charge >= 0.3 is 5.97 Å². The van der Waals surface area contributed by atoms with E-state index in [4.69, 9.17) is 5.11 Å². The maximum Gasteiger partial charge on any atom is 0.326 e. The normalized spacial score (nSPS) is 11.9. The summed E-state index contributed by atoms with van der Waals surface area (Å²) in [5, 5.41) is 11.5. The Morgan fingerprint density at radius 3 is 2.83 bits per heavy atom. The van der Waals surface area contributed by atoms with Crippen molar-refractivity contribution in [1.82, 2.24) is 10.3 Å². The van der Waals surface area contributed by atoms with Crippen molar-refractivity contribution in [2.75, 3.05) is 12.0 Å². The molecule has 0 radical (unpaired) electrons. The number of thioether (sulfide) groups is 1. The van der Waals surface area contributed by atoms with Crippen molar-refractivity contribution >= 4 is 23.6 Å². The molecule has 5 nitrogen and oxygen atoms in total. The van der Waals surface area contributed by atoms with E-state index in [0.717, 1.165) is 5.69 Å². The number of rotatable bonds is 6. The summed E-state index contributed by atoms with van der Waals surface area (Å²) in [6.07, 6.45) is 3.83. The Kier molecular flexibility index (Phi) is 5.64. The molecule has 0 spiro atoms. The first-order chi connectivity index (χ1) is 8.54. The summed E-state index contributed by atoms with van der Waals surface area (Å²) in [5.41, 5.74) is 1.15. The Labute approximate surface area is 110 Å². The molecule has 0 saturated carbocycles. The molecular weight excluding hydrogens is 252 g/mol. The molecule has 1 aromatic heterocycles. The fourth-order valence-electron chi connectivity index (χ4n) is 1.42. The van der Waals surface area contributed by atoms with Crippen molar-refractivity contribution in [1.29, 1.82) is 0 Å². The number of hydrogen-bond acceptors (Lipinski definition) is 4. The van der Waals surface area contributed by atoms with Crippen LogP contribution in [-0.2, 0) is 4.79 Å². The van der Waals surface area contributed by atoms with Gasteiger partial charge in [0, 0.05) is 17.5 Å². The van der Waals surface area contributed by atoms with E-state index >= 15 is 0 Å². The van der Waals surface area contributed by atoms with Crippen LogP contribution in [0.15, 0.2) is 18.3 Å². The zero-order chi connectivity index (χ0) is 13.5. The summed E-state index contributed by atoms with van der Waals surface area (Å²) in [7, 11) is 0. The lowest BCUT2D eigenvalue weighted by atomic mass is 10.2. The lowest BCUT2D eigenvalue weighted by Gasteiger charge is -2.13. The summed E-state index contributed by atoms with van der Waals surface area (Å²) < 4.78 is 0. The van der Waals surface area contributed by atoms with Crippen molar-refractivity contribution in [2.45, 2.75) is 19.4 Å². The van der Waals surface area contributed by atoms with Crippen molar-refractivity contribution in [3.8, 4) is 0 Å². The first-order valence-electron chi connectivity index (χ1n) is 5.50. The van der Waals surface area contributed by atoms with Gasteiger partial charge in [0.05, 0.1) is 0 Å². The molecule has 0 aliphatic rings. The van der Waals surface area contributed by atoms with E-state index in [1.165, 1.54) is 6.20 Å². The highest BCUT2D eigenvalue weighted by Crippen LogP contribution is 2.05. The molecule has 0 saturated heterocycles. The van der Waals surface area contributed by atoms with Gasteiger partial charge < -0.3 is 10.4 Å². The van der Waals surface area contributed by atoms with Crippen molar-refractivity contribution in [3.63, 3.8) is 0 Å². The van der Waals surface area contributed by atoms with Gasteiger partial charge in [0.15, 0.2) is 0 Å². The Hall–Kier alpha value is -1.56. The predicted molar refractivity (Wildman–Crippen MR) is 70.9 cm³/mol. The molecule has 1 heterocycles. The van der Waals surface area contributed by atoms with Gasteiger partial charge in [-0.2, -0.15) is 11.8 Å². The molecule has 1 aromatic rings. The van der Waals surface area contributed by atoms with Crippen molar-refractivity contribution in [2.24, 2.45) is 0 Å². The summed E-state index contributed by atoms with van der Waals surface area (Å²) in [6.45, 7) is 1.78. The van der Waals surface area contributed by atoms with Crippen LogP contribution in [0.1, 0.15) is 22.5 Å². The van der Waals surface area contributed by atoms with E-state index in [0.29, 0.717) is 17.7 Å². The number of carbonyl (C=O) groups is 2. The van der Waals surface area contributed by atoms with Crippen LogP contribution in [0, 0.1) is 6.92 Å². The zero-order valence-corrected chi connectivity index (χ0v) is 11.2. The summed E-state index contributed by atoms with van der Waals surface area (Å²) >= 11 is 1.55. The number of hydrogen-bond donors (Lipinski definition) is 2. The minimum absolute atomic E-state index is 0.381. The van der Waals surface area contributed by atoms with E-state index in [1.807, 2.05) is 6.26 Å². The second-order valence-corrected chi connectivity index (χ2v) is 4.82. The van der Waals surface area contributed by atoms with E-state index in [1.54, 1.807) is 30.8 Å². The number of carboxylic acids is 1. The molecule has 0 aromatic carbocycles. The molecular formula is C12H16N2O3S. The van der Waals surface area contributed by atoms with Crippen molar-refractivity contribution in [3.05, 3.63) is 29.6 Å². The third-order valence-corrected chi connectivity index (χ3v) is 3.02. The third-order valence-electron chi connectivity index (χ3n) is 2.37. The lowest BCUT2D eigenvalue weighted by Crippen LogP contribution is -2.41. The van der Waals surface area contributed by atoms with Gasteiger partial charge in [-0.3, -0.25) is 9.78 Å². The number of pyridine rings is 1. The fraction of sp³-hybridized carbons (Fsp3) is 0.417. The molecule has 0 fully saturated rings. The molecule has 18 heavy (non-hydrogen) atoms. The van der Waals surface area contributed by atoms with Crippen LogP contribution >= 0.6 is 11.8 Å². The predicted octanol–water partition coefficient (Wildman–Crippen LogP) is 1.33. The summed E-state index contributed by atoms with van der Waals surface area (Å²) in [5.74, 6) is -0.704. The van der Waals surface area contributed by atoms with Crippen LogP contribution in [0.5, 0.6) is 0 Å². The number of carbonyl (C=O) groups excluding carboxylic acids is 1. The number of nitrogens with one attached hydrogen (secondary N) is 1. The molecule has 1 atom stereocenters. The van der Waals surface area contributed by atoms with Gasteiger partial charge in [-0.25, -0.2) is 4.79 Å². The highest BCUT2D eigenvalue weighted by atomic mass is 32.2. The standard InChI is InChI=1S/C12H16N2O3S/c1-8-7-9(3-5-13-8)11(15)14-10(12(16)17)4-6-18-2/h3,5,7,10H,4,6H2,1-2H3,(H,14,15)(H,16,17)/t10-/m0/s1. The van der Waals surface area contributed by atoms with Gasteiger partial charge in [0.1, 0.15) is 6.04 Å². The smallest absolute Gasteiger partial charge is 0.326 e. The van der Waals surface area contributed by atoms with Crippen LogP contribution in [-0.4, -0.2) is 40.0 Å². The van der Waals surface area contributed by atoms with E-state index in [9.17, 15) is 9.59 Å². The summed E-state index contributed by atoms with van der Waals surface area (Å²) in [4.78, 5) is 26.9. The molecule has 2 N–H and O–H groups in total. The highest BCUT2D eigenvalue weighted by molar-refractivity contribution is 7.98. The fourth-order valence-corrected chi connectivity index (χ4v) is 1.89. The Morgan fingerprint density at radius 2 is 2.28 bits per heavy atom. The molecule has 0 aliphatic heterocycles. The van der Waals surface area contributed by atoms with Crippen LogP contribution in [0.4, 0.5) is 0 Å². The van der Waals surface area contributed by atoms with E-state index < -0.39 is 12.0 Å². The minimum atomic E-state index is -1.01. The minimum Gasteiger partial charge on any atom is -0.480 e. The van der Waals surface area contributed by atoms with Gasteiger partial charge in [-0.05, 0) is 37.5 Å². The van der Waals surface area contributed by atoms with Gasteiger partial charge in [-0.1, -0.05) is 0 Å². The second kappa shape index (κ2) is 7.00. The number of carboxylic acid groups (broad SMARTS) is 1. The maximum atomic E-state index is 11.9. The number of amides is 1. The number of aliphatic carboxylic acids is 1. The average molecular weight is 268 g/mol. The van der Waals surface area contributed by atoms with Crippen molar-refractivity contribution < 1.29 is 14.7 Å². The van der Waals surface area contributed by atoms with Crippen LogP contribution in [0.2, 0.25) is 0 Å². The van der Waals surface area contributed by atoms with E-state index in [-0.39, 0.29) is 5.91 Å². The molecule has 98 valence electrons. The topological polar surface area (TPSA) is 79.3 Å². The molecule has 0 bridgehead atoms. The van der Waals surface area contributed by atoms with Crippen LogP contribution in [0.3, 0.4) is 0 Å². The summed E-state index contributed by atoms with van der Waals surface area (Å²) in [6, 6.07) is 2.34.